The monoisotopic (exact) mass is 371 g/mol. The fourth-order valence-corrected chi connectivity index (χ4v) is 2.88. The summed E-state index contributed by atoms with van der Waals surface area (Å²) in [4.78, 5) is 24.0. The van der Waals surface area contributed by atoms with Crippen LogP contribution in [0.3, 0.4) is 0 Å². The number of hydrogen-bond acceptors (Lipinski definition) is 4. The average Bonchev–Trinajstić information content (AvgIpc) is 3.03. The third kappa shape index (κ3) is 3.86. The number of carbonyl (C=O) groups excluding carboxylic acids is 2. The summed E-state index contributed by atoms with van der Waals surface area (Å²) in [5.41, 5.74) is 2.69. The van der Waals surface area contributed by atoms with Gasteiger partial charge in [0, 0.05) is 22.5 Å². The fraction of sp³-hybridized carbons (Fsp3) is 0.211. The molecule has 1 heterocycles. The molecule has 1 N–H and O–H groups in total. The van der Waals surface area contributed by atoms with Gasteiger partial charge in [-0.25, -0.2) is 4.79 Å². The van der Waals surface area contributed by atoms with Gasteiger partial charge in [-0.05, 0) is 42.8 Å². The molecule has 134 valence electrons. The van der Waals surface area contributed by atoms with Gasteiger partial charge in [-0.3, -0.25) is 9.48 Å². The number of esters is 1. The molecule has 2 aromatic carbocycles. The van der Waals surface area contributed by atoms with E-state index in [-0.39, 0.29) is 12.3 Å². The van der Waals surface area contributed by atoms with Gasteiger partial charge in [0.1, 0.15) is 0 Å². The van der Waals surface area contributed by atoms with E-state index in [1.54, 1.807) is 35.1 Å². The molecule has 0 aliphatic heterocycles. The molecule has 0 unspecified atom stereocenters. The number of aryl methyl sites for hydroxylation is 2. The van der Waals surface area contributed by atoms with Gasteiger partial charge in [-0.1, -0.05) is 17.7 Å². The molecule has 3 rings (SSSR count). The minimum atomic E-state index is -0.430. The highest BCUT2D eigenvalue weighted by Crippen LogP contribution is 2.20. The van der Waals surface area contributed by atoms with E-state index < -0.39 is 5.97 Å². The van der Waals surface area contributed by atoms with E-state index in [1.165, 1.54) is 7.11 Å². The standard InChI is InChI=1S/C19H18ClN3O3/c1-12-3-5-15(10-16(12)19(25)26-2)22-18(24)7-8-23-17-6-4-14(20)9-13(17)11-21-23/h3-6,9-11H,7-8H2,1-2H3,(H,22,24). The minimum absolute atomic E-state index is 0.165. The van der Waals surface area contributed by atoms with Gasteiger partial charge in [0.15, 0.2) is 0 Å². The van der Waals surface area contributed by atoms with Gasteiger partial charge in [-0.15, -0.1) is 0 Å². The number of aromatic nitrogens is 2. The molecule has 0 fully saturated rings. The maximum atomic E-state index is 12.2. The predicted octanol–water partition coefficient (Wildman–Crippen LogP) is 3.81. The second kappa shape index (κ2) is 7.58. The fourth-order valence-electron chi connectivity index (χ4n) is 2.70. The Morgan fingerprint density at radius 1 is 1.23 bits per heavy atom. The Kier molecular flexibility index (Phi) is 5.23. The molecule has 0 atom stereocenters. The zero-order chi connectivity index (χ0) is 18.7. The topological polar surface area (TPSA) is 73.2 Å². The van der Waals surface area contributed by atoms with Crippen molar-refractivity contribution in [2.75, 3.05) is 12.4 Å². The van der Waals surface area contributed by atoms with Crippen molar-refractivity contribution in [3.05, 3.63) is 58.7 Å². The van der Waals surface area contributed by atoms with E-state index >= 15 is 0 Å². The van der Waals surface area contributed by atoms with Crippen LogP contribution in [0.2, 0.25) is 5.02 Å². The highest BCUT2D eigenvalue weighted by Gasteiger charge is 2.12. The predicted molar refractivity (Wildman–Crippen MR) is 101 cm³/mol. The molecule has 1 amide bonds. The highest BCUT2D eigenvalue weighted by atomic mass is 35.5. The Balaban J connectivity index is 1.66. The number of rotatable bonds is 5. The first kappa shape index (κ1) is 17.9. The molecule has 7 heteroatoms. The van der Waals surface area contributed by atoms with Gasteiger partial charge in [-0.2, -0.15) is 5.10 Å². The van der Waals surface area contributed by atoms with Crippen LogP contribution in [-0.4, -0.2) is 28.8 Å². The smallest absolute Gasteiger partial charge is 0.338 e. The molecular weight excluding hydrogens is 354 g/mol. The molecule has 0 aliphatic rings. The normalized spacial score (nSPS) is 10.7. The van der Waals surface area contributed by atoms with E-state index in [0.717, 1.165) is 16.5 Å². The van der Waals surface area contributed by atoms with Crippen molar-refractivity contribution in [1.82, 2.24) is 9.78 Å². The molecule has 0 aliphatic carbocycles. The van der Waals surface area contributed by atoms with Crippen LogP contribution in [0.15, 0.2) is 42.6 Å². The van der Waals surface area contributed by atoms with E-state index in [4.69, 9.17) is 16.3 Å². The number of halogens is 1. The number of fused-ring (bicyclic) bond motifs is 1. The van der Waals surface area contributed by atoms with E-state index in [9.17, 15) is 9.59 Å². The lowest BCUT2D eigenvalue weighted by atomic mass is 10.1. The summed E-state index contributed by atoms with van der Waals surface area (Å²) in [6, 6.07) is 10.6. The number of nitrogens with one attached hydrogen (secondary N) is 1. The van der Waals surface area contributed by atoms with Gasteiger partial charge in [0.05, 0.1) is 30.9 Å². The first-order chi connectivity index (χ1) is 12.5. The highest BCUT2D eigenvalue weighted by molar-refractivity contribution is 6.31. The average molecular weight is 372 g/mol. The van der Waals surface area contributed by atoms with Crippen LogP contribution in [-0.2, 0) is 16.1 Å². The number of amides is 1. The van der Waals surface area contributed by atoms with Crippen molar-refractivity contribution in [3.63, 3.8) is 0 Å². The molecular formula is C19H18ClN3O3. The van der Waals surface area contributed by atoms with Crippen molar-refractivity contribution >= 4 is 40.1 Å². The van der Waals surface area contributed by atoms with Crippen LogP contribution in [0.4, 0.5) is 5.69 Å². The van der Waals surface area contributed by atoms with Gasteiger partial charge in [0.2, 0.25) is 5.91 Å². The van der Waals surface area contributed by atoms with Crippen molar-refractivity contribution in [3.8, 4) is 0 Å². The number of methoxy groups -OCH3 is 1. The lowest BCUT2D eigenvalue weighted by molar-refractivity contribution is -0.116. The Morgan fingerprint density at radius 2 is 2.04 bits per heavy atom. The van der Waals surface area contributed by atoms with Gasteiger partial charge in [0.25, 0.3) is 0 Å². The van der Waals surface area contributed by atoms with Gasteiger partial charge >= 0.3 is 5.97 Å². The molecule has 0 spiro atoms. The van der Waals surface area contributed by atoms with E-state index in [2.05, 4.69) is 10.4 Å². The van der Waals surface area contributed by atoms with Crippen molar-refractivity contribution < 1.29 is 14.3 Å². The van der Waals surface area contributed by atoms with E-state index in [0.29, 0.717) is 22.8 Å². The number of anilines is 1. The summed E-state index contributed by atoms with van der Waals surface area (Å²) < 4.78 is 6.51. The second-order valence-corrected chi connectivity index (χ2v) is 6.33. The zero-order valence-electron chi connectivity index (χ0n) is 14.5. The summed E-state index contributed by atoms with van der Waals surface area (Å²) in [5.74, 6) is -0.595. The molecule has 0 saturated carbocycles. The quantitative estimate of drug-likeness (QED) is 0.692. The minimum Gasteiger partial charge on any atom is -0.465 e. The summed E-state index contributed by atoms with van der Waals surface area (Å²) in [7, 11) is 1.33. The second-order valence-electron chi connectivity index (χ2n) is 5.89. The van der Waals surface area contributed by atoms with Crippen LogP contribution in [0.25, 0.3) is 10.9 Å². The molecule has 0 radical (unpaired) electrons. The van der Waals surface area contributed by atoms with Crippen LogP contribution >= 0.6 is 11.6 Å². The largest absolute Gasteiger partial charge is 0.465 e. The number of ether oxygens (including phenoxy) is 1. The van der Waals surface area contributed by atoms with Crippen molar-refractivity contribution in [2.45, 2.75) is 19.9 Å². The third-order valence-electron chi connectivity index (χ3n) is 4.08. The maximum Gasteiger partial charge on any atom is 0.338 e. The summed E-state index contributed by atoms with van der Waals surface area (Å²) in [6.07, 6.45) is 1.97. The molecule has 26 heavy (non-hydrogen) atoms. The number of carbonyl (C=O) groups is 2. The Hall–Kier alpha value is -2.86. The Labute approximate surface area is 155 Å². The lowest BCUT2D eigenvalue weighted by Crippen LogP contribution is -2.15. The molecule has 0 bridgehead atoms. The number of nitrogens with zero attached hydrogens (tertiary/aromatic N) is 2. The zero-order valence-corrected chi connectivity index (χ0v) is 15.2. The maximum absolute atomic E-state index is 12.2. The lowest BCUT2D eigenvalue weighted by Gasteiger charge is -2.09. The summed E-state index contributed by atoms with van der Waals surface area (Å²) in [6.45, 7) is 2.25. The van der Waals surface area contributed by atoms with E-state index in [1.807, 2.05) is 19.1 Å². The van der Waals surface area contributed by atoms with Gasteiger partial charge < -0.3 is 10.1 Å². The first-order valence-electron chi connectivity index (χ1n) is 8.08. The SMILES string of the molecule is COC(=O)c1cc(NC(=O)CCn2ncc3cc(Cl)ccc32)ccc1C. The molecule has 0 saturated heterocycles. The van der Waals surface area contributed by atoms with Crippen LogP contribution in [0.5, 0.6) is 0 Å². The number of hydrogen-bond donors (Lipinski definition) is 1. The first-order valence-corrected chi connectivity index (χ1v) is 8.45. The van der Waals surface area contributed by atoms with Crippen LogP contribution in [0, 0.1) is 6.92 Å². The Bertz CT molecular complexity index is 981. The number of benzene rings is 2. The summed E-state index contributed by atoms with van der Waals surface area (Å²) in [5, 5.41) is 8.67. The molecule has 6 nitrogen and oxygen atoms in total. The molecule has 3 aromatic rings. The Morgan fingerprint density at radius 3 is 2.81 bits per heavy atom. The third-order valence-corrected chi connectivity index (χ3v) is 4.32. The molecule has 1 aromatic heterocycles. The van der Waals surface area contributed by atoms with Crippen molar-refractivity contribution in [2.24, 2.45) is 0 Å². The van der Waals surface area contributed by atoms with Crippen LogP contribution in [0.1, 0.15) is 22.3 Å². The van der Waals surface area contributed by atoms with Crippen molar-refractivity contribution in [1.29, 1.82) is 0 Å². The van der Waals surface area contributed by atoms with Crippen LogP contribution < -0.4 is 5.32 Å². The summed E-state index contributed by atoms with van der Waals surface area (Å²) >= 11 is 5.97.